The molecule has 0 N–H and O–H groups in total. The van der Waals surface area contributed by atoms with Crippen molar-refractivity contribution >= 4 is 13.3 Å². The first-order valence-corrected chi connectivity index (χ1v) is 21.1. The van der Waals surface area contributed by atoms with Crippen LogP contribution in [0.3, 0.4) is 0 Å². The monoisotopic (exact) mass is 455 g/mol. The van der Waals surface area contributed by atoms with Gasteiger partial charge in [-0.1, -0.05) is 77.6 Å². The third kappa shape index (κ3) is 26.5. The van der Waals surface area contributed by atoms with Gasteiger partial charge in [0.15, 0.2) is 0 Å². The first-order chi connectivity index (χ1) is 13.6. The molecule has 0 fully saturated rings. The first kappa shape index (κ1) is 28.5. The van der Waals surface area contributed by atoms with Crippen LogP contribution in [0.4, 0.5) is 0 Å². The van der Waals surface area contributed by atoms with E-state index in [1.165, 1.54) is 135 Å². The van der Waals surface area contributed by atoms with E-state index in [1.54, 1.807) is 5.25 Å². The summed E-state index contributed by atoms with van der Waals surface area (Å²) in [6.07, 6.45) is 32.1. The summed E-state index contributed by atoms with van der Waals surface area (Å²) in [6, 6.07) is 0. The second kappa shape index (κ2) is 22.2. The topological polar surface area (TPSA) is 0 Å². The number of hydrogen-bond acceptors (Lipinski definition) is 0. The molecule has 0 rings (SSSR count). The molecule has 0 unspecified atom stereocenters. The fourth-order valence-electron chi connectivity index (χ4n) is 4.19. The summed E-state index contributed by atoms with van der Waals surface area (Å²) in [5.74, 6) is 7.65. The second-order valence-corrected chi connectivity index (χ2v) is 22.4. The fourth-order valence-corrected chi connectivity index (χ4v) is 6.94. The van der Waals surface area contributed by atoms with Crippen molar-refractivity contribution in [1.29, 1.82) is 0 Å². The standard InChI is InChI=1S/C27H57Ge/c1-5-6-7-8-9-10-11-12-13-14-15-16-17-18-19-20-21-22-23-24-25-26-27-28(2,3)4/h1,5-27H2,2-4H3. The Hall–Kier alpha value is 0.543. The Morgan fingerprint density at radius 2 is 0.571 bits per heavy atom. The van der Waals surface area contributed by atoms with E-state index in [4.69, 9.17) is 0 Å². The zero-order valence-corrected chi connectivity index (χ0v) is 22.6. The van der Waals surface area contributed by atoms with Gasteiger partial charge in [0.2, 0.25) is 0 Å². The molecule has 0 nitrogen and oxygen atoms in total. The van der Waals surface area contributed by atoms with E-state index in [0.717, 1.165) is 6.42 Å². The van der Waals surface area contributed by atoms with E-state index >= 15 is 0 Å². The maximum atomic E-state index is 3.91. The Morgan fingerprint density at radius 3 is 0.786 bits per heavy atom. The molecule has 0 aromatic carbocycles. The molecule has 0 aliphatic heterocycles. The summed E-state index contributed by atoms with van der Waals surface area (Å²) >= 11 is -1.23. The SMILES string of the molecule is [CH2]CCCCCCCCCCCCCCCCCCCCCC[CH2][Ge]([CH3])([CH3])[CH3]. The Bertz CT molecular complexity index is 278. The zero-order chi connectivity index (χ0) is 20.8. The van der Waals surface area contributed by atoms with E-state index in [-0.39, 0.29) is 0 Å². The van der Waals surface area contributed by atoms with Crippen molar-refractivity contribution in [2.75, 3.05) is 0 Å². The van der Waals surface area contributed by atoms with Crippen molar-refractivity contribution in [3.8, 4) is 0 Å². The molecule has 1 heteroatoms. The van der Waals surface area contributed by atoms with Crippen molar-refractivity contribution < 1.29 is 0 Å². The molecule has 0 amide bonds. The van der Waals surface area contributed by atoms with Crippen LogP contribution in [-0.4, -0.2) is 13.3 Å². The van der Waals surface area contributed by atoms with Gasteiger partial charge in [0.25, 0.3) is 0 Å². The van der Waals surface area contributed by atoms with Gasteiger partial charge in [-0.3, -0.25) is 0 Å². The first-order valence-electron chi connectivity index (χ1n) is 13.4. The van der Waals surface area contributed by atoms with Crippen LogP contribution in [0, 0.1) is 6.92 Å². The number of rotatable bonds is 23. The molecular formula is C27H57Ge. The quantitative estimate of drug-likeness (QED) is 0.106. The summed E-state index contributed by atoms with van der Waals surface area (Å²) in [5, 5.41) is 1.58. The molecule has 0 aliphatic rings. The Labute approximate surface area is 183 Å². The van der Waals surface area contributed by atoms with E-state index in [1.807, 2.05) is 0 Å². The molecule has 0 aromatic rings. The van der Waals surface area contributed by atoms with Crippen LogP contribution in [0.15, 0.2) is 0 Å². The van der Waals surface area contributed by atoms with E-state index in [9.17, 15) is 0 Å². The van der Waals surface area contributed by atoms with Crippen LogP contribution in [0.5, 0.6) is 0 Å². The summed E-state index contributed by atoms with van der Waals surface area (Å²) < 4.78 is 0. The van der Waals surface area contributed by atoms with Gasteiger partial charge in [-0.05, 0) is 0 Å². The van der Waals surface area contributed by atoms with Gasteiger partial charge < -0.3 is 0 Å². The molecule has 169 valence electrons. The van der Waals surface area contributed by atoms with E-state index in [2.05, 4.69) is 24.2 Å². The minimum atomic E-state index is -1.23. The maximum absolute atomic E-state index is 3.91. The normalized spacial score (nSPS) is 12.0. The molecule has 0 aliphatic carbocycles. The predicted molar refractivity (Wildman–Crippen MR) is 135 cm³/mol. The predicted octanol–water partition coefficient (Wildman–Crippen LogP) is 10.7. The Kier molecular flexibility index (Phi) is 22.7. The average Bonchev–Trinajstić information content (AvgIpc) is 2.65. The van der Waals surface area contributed by atoms with Gasteiger partial charge >= 0.3 is 106 Å². The van der Waals surface area contributed by atoms with Crippen molar-refractivity contribution in [3.63, 3.8) is 0 Å². The molecule has 0 saturated heterocycles. The number of hydrogen-bond donors (Lipinski definition) is 0. The average molecular weight is 454 g/mol. The van der Waals surface area contributed by atoms with Gasteiger partial charge in [0.05, 0.1) is 0 Å². The van der Waals surface area contributed by atoms with Gasteiger partial charge in [-0.15, -0.1) is 0 Å². The molecule has 0 heterocycles. The molecule has 0 aromatic heterocycles. The summed E-state index contributed by atoms with van der Waals surface area (Å²) in [4.78, 5) is 0. The second-order valence-electron chi connectivity index (χ2n) is 10.6. The van der Waals surface area contributed by atoms with Crippen LogP contribution in [-0.2, 0) is 0 Å². The van der Waals surface area contributed by atoms with Crippen LogP contribution in [0.2, 0.25) is 22.5 Å². The van der Waals surface area contributed by atoms with E-state index in [0.29, 0.717) is 0 Å². The third-order valence-corrected chi connectivity index (χ3v) is 10.1. The van der Waals surface area contributed by atoms with Crippen molar-refractivity contribution in [1.82, 2.24) is 0 Å². The van der Waals surface area contributed by atoms with Crippen molar-refractivity contribution in [2.24, 2.45) is 0 Å². The van der Waals surface area contributed by atoms with Crippen LogP contribution < -0.4 is 0 Å². The molecule has 0 atom stereocenters. The summed E-state index contributed by atoms with van der Waals surface area (Å²) in [5.41, 5.74) is 0. The van der Waals surface area contributed by atoms with Gasteiger partial charge in [0, 0.05) is 0 Å². The van der Waals surface area contributed by atoms with Gasteiger partial charge in [-0.25, -0.2) is 0 Å². The fraction of sp³-hybridized carbons (Fsp3) is 0.963. The summed E-state index contributed by atoms with van der Waals surface area (Å²) in [6.45, 7) is 3.91. The van der Waals surface area contributed by atoms with E-state index < -0.39 is 13.3 Å². The molecular weight excluding hydrogens is 397 g/mol. The van der Waals surface area contributed by atoms with Crippen LogP contribution in [0.25, 0.3) is 0 Å². The molecule has 1 radical (unpaired) electrons. The summed E-state index contributed by atoms with van der Waals surface area (Å²) in [7, 11) is 0. The molecule has 0 spiro atoms. The minimum absolute atomic E-state index is 1.12. The van der Waals surface area contributed by atoms with Crippen LogP contribution >= 0.6 is 0 Å². The van der Waals surface area contributed by atoms with Crippen LogP contribution in [0.1, 0.15) is 141 Å². The number of unbranched alkanes of at least 4 members (excludes halogenated alkanes) is 21. The Balaban J connectivity index is 3.01. The molecule has 0 bridgehead atoms. The zero-order valence-electron chi connectivity index (χ0n) is 20.5. The molecule has 0 saturated carbocycles. The van der Waals surface area contributed by atoms with Crippen molar-refractivity contribution in [2.45, 2.75) is 164 Å². The van der Waals surface area contributed by atoms with Gasteiger partial charge in [0.1, 0.15) is 0 Å². The van der Waals surface area contributed by atoms with Gasteiger partial charge in [-0.2, -0.15) is 0 Å². The van der Waals surface area contributed by atoms with Crippen molar-refractivity contribution in [3.05, 3.63) is 6.92 Å². The Morgan fingerprint density at radius 1 is 0.357 bits per heavy atom. The molecule has 28 heavy (non-hydrogen) atoms. The third-order valence-electron chi connectivity index (χ3n) is 6.18.